The highest BCUT2D eigenvalue weighted by Gasteiger charge is 2.02. The molecule has 1 amide bonds. The second-order valence-corrected chi connectivity index (χ2v) is 2.94. The number of nitrogens with one attached hydrogen (secondary N) is 1. The Labute approximate surface area is 83.4 Å². The molecule has 0 radical (unpaired) electrons. The van der Waals surface area contributed by atoms with Crippen molar-refractivity contribution < 1.29 is 19.4 Å². The molecule has 0 aliphatic heterocycles. The normalized spacial score (nSPS) is 9.79. The summed E-state index contributed by atoms with van der Waals surface area (Å²) in [4.78, 5) is 21.0. The predicted molar refractivity (Wildman–Crippen MR) is 51.0 cm³/mol. The van der Waals surface area contributed by atoms with Crippen LogP contribution >= 0.6 is 0 Å². The summed E-state index contributed by atoms with van der Waals surface area (Å²) < 4.78 is 4.60. The van der Waals surface area contributed by atoms with E-state index in [0.717, 1.165) is 19.3 Å². The van der Waals surface area contributed by atoms with Gasteiger partial charge in [-0.2, -0.15) is 0 Å². The molecule has 0 unspecified atom stereocenters. The van der Waals surface area contributed by atoms with Gasteiger partial charge >= 0.3 is 5.97 Å². The number of carboxylic acid groups (broad SMARTS) is 1. The molecule has 0 heterocycles. The van der Waals surface area contributed by atoms with Crippen LogP contribution in [0.1, 0.15) is 26.2 Å². The van der Waals surface area contributed by atoms with Crippen molar-refractivity contribution in [1.29, 1.82) is 0 Å². The van der Waals surface area contributed by atoms with E-state index >= 15 is 0 Å². The minimum atomic E-state index is -1.07. The first-order valence-electron chi connectivity index (χ1n) is 4.73. The molecule has 0 aliphatic carbocycles. The van der Waals surface area contributed by atoms with Crippen LogP contribution in [0.25, 0.3) is 0 Å². The molecule has 0 saturated heterocycles. The van der Waals surface area contributed by atoms with Gasteiger partial charge in [0.2, 0.25) is 5.91 Å². The van der Waals surface area contributed by atoms with E-state index in [0.29, 0.717) is 6.54 Å². The predicted octanol–water partition coefficient (Wildman–Crippen LogP) is 0.394. The average molecular weight is 203 g/mol. The SMILES string of the molecule is CCCCCNC(=O)COCC(=O)O. The molecule has 0 saturated carbocycles. The Balaban J connectivity index is 3.24. The van der Waals surface area contributed by atoms with E-state index < -0.39 is 12.6 Å². The highest BCUT2D eigenvalue weighted by Crippen LogP contribution is 1.90. The van der Waals surface area contributed by atoms with Crippen LogP contribution < -0.4 is 5.32 Å². The van der Waals surface area contributed by atoms with Gasteiger partial charge in [-0.15, -0.1) is 0 Å². The van der Waals surface area contributed by atoms with E-state index in [1.807, 2.05) is 0 Å². The van der Waals surface area contributed by atoms with Gasteiger partial charge in [-0.1, -0.05) is 19.8 Å². The Kier molecular flexibility index (Phi) is 7.83. The molecule has 0 spiro atoms. The van der Waals surface area contributed by atoms with E-state index in [1.54, 1.807) is 0 Å². The molecular formula is C9H17NO4. The summed E-state index contributed by atoms with van der Waals surface area (Å²) >= 11 is 0. The van der Waals surface area contributed by atoms with Crippen molar-refractivity contribution in [3.63, 3.8) is 0 Å². The first-order chi connectivity index (χ1) is 6.66. The van der Waals surface area contributed by atoms with E-state index in [4.69, 9.17) is 5.11 Å². The van der Waals surface area contributed by atoms with Gasteiger partial charge in [0.15, 0.2) is 0 Å². The zero-order chi connectivity index (χ0) is 10.8. The molecule has 0 aromatic heterocycles. The number of ether oxygens (including phenoxy) is 1. The minimum Gasteiger partial charge on any atom is -0.480 e. The smallest absolute Gasteiger partial charge is 0.329 e. The lowest BCUT2D eigenvalue weighted by Gasteiger charge is -2.03. The van der Waals surface area contributed by atoms with Crippen LogP contribution in [0.4, 0.5) is 0 Å². The van der Waals surface area contributed by atoms with Crippen LogP contribution in [0.15, 0.2) is 0 Å². The molecule has 0 aromatic rings. The lowest BCUT2D eigenvalue weighted by molar-refractivity contribution is -0.143. The highest BCUT2D eigenvalue weighted by molar-refractivity contribution is 5.77. The molecule has 0 aliphatic rings. The Morgan fingerprint density at radius 1 is 1.29 bits per heavy atom. The fourth-order valence-electron chi connectivity index (χ4n) is 0.885. The fraction of sp³-hybridized carbons (Fsp3) is 0.778. The Morgan fingerprint density at radius 3 is 2.57 bits per heavy atom. The minimum absolute atomic E-state index is 0.182. The molecule has 2 N–H and O–H groups in total. The fourth-order valence-corrected chi connectivity index (χ4v) is 0.885. The maximum Gasteiger partial charge on any atom is 0.329 e. The van der Waals surface area contributed by atoms with Crippen LogP contribution in [-0.4, -0.2) is 36.7 Å². The average Bonchev–Trinajstić information content (AvgIpc) is 2.12. The molecule has 82 valence electrons. The van der Waals surface area contributed by atoms with Crippen molar-refractivity contribution >= 4 is 11.9 Å². The van der Waals surface area contributed by atoms with E-state index in [2.05, 4.69) is 17.0 Å². The number of amides is 1. The van der Waals surface area contributed by atoms with Crippen molar-refractivity contribution in [2.24, 2.45) is 0 Å². The van der Waals surface area contributed by atoms with Gasteiger partial charge in [0.1, 0.15) is 13.2 Å². The Hall–Kier alpha value is -1.10. The maximum atomic E-state index is 11.0. The molecule has 0 atom stereocenters. The maximum absolute atomic E-state index is 11.0. The number of carboxylic acids is 1. The van der Waals surface area contributed by atoms with Crippen LogP contribution in [0.5, 0.6) is 0 Å². The van der Waals surface area contributed by atoms with Crippen LogP contribution in [0, 0.1) is 0 Å². The molecule has 14 heavy (non-hydrogen) atoms. The summed E-state index contributed by atoms with van der Waals surface area (Å²) in [5.41, 5.74) is 0. The monoisotopic (exact) mass is 203 g/mol. The third-order valence-corrected chi connectivity index (χ3v) is 1.56. The van der Waals surface area contributed by atoms with Gasteiger partial charge in [-0.05, 0) is 6.42 Å². The summed E-state index contributed by atoms with van der Waals surface area (Å²) in [5.74, 6) is -1.33. The zero-order valence-corrected chi connectivity index (χ0v) is 8.41. The summed E-state index contributed by atoms with van der Waals surface area (Å²) in [5, 5.41) is 10.9. The Morgan fingerprint density at radius 2 is 2.00 bits per heavy atom. The van der Waals surface area contributed by atoms with Crippen LogP contribution in [0.2, 0.25) is 0 Å². The molecule has 5 nitrogen and oxygen atoms in total. The lowest BCUT2D eigenvalue weighted by atomic mass is 10.2. The van der Waals surface area contributed by atoms with Crippen molar-refractivity contribution in [2.45, 2.75) is 26.2 Å². The van der Waals surface area contributed by atoms with Gasteiger partial charge in [0, 0.05) is 6.54 Å². The zero-order valence-electron chi connectivity index (χ0n) is 8.41. The number of hydrogen-bond donors (Lipinski definition) is 2. The standard InChI is InChI=1S/C9H17NO4/c1-2-3-4-5-10-8(11)6-14-7-9(12)13/h2-7H2,1H3,(H,10,11)(H,12,13). The van der Waals surface area contributed by atoms with Gasteiger partial charge in [-0.3, -0.25) is 4.79 Å². The van der Waals surface area contributed by atoms with Gasteiger partial charge in [0.25, 0.3) is 0 Å². The summed E-state index contributed by atoms with van der Waals surface area (Å²) in [6, 6.07) is 0. The van der Waals surface area contributed by atoms with Crippen molar-refractivity contribution in [3.8, 4) is 0 Å². The van der Waals surface area contributed by atoms with Gasteiger partial charge in [0.05, 0.1) is 0 Å². The third-order valence-electron chi connectivity index (χ3n) is 1.56. The third kappa shape index (κ3) is 8.99. The summed E-state index contributed by atoms with van der Waals surface area (Å²) in [6.07, 6.45) is 3.13. The first kappa shape index (κ1) is 12.9. The van der Waals surface area contributed by atoms with Crippen LogP contribution in [-0.2, 0) is 14.3 Å². The first-order valence-corrected chi connectivity index (χ1v) is 4.73. The van der Waals surface area contributed by atoms with Crippen LogP contribution in [0.3, 0.4) is 0 Å². The molecule has 0 aromatic carbocycles. The molecule has 0 rings (SSSR count). The second-order valence-electron chi connectivity index (χ2n) is 2.94. The molecular weight excluding hydrogens is 186 g/mol. The van der Waals surface area contributed by atoms with E-state index in [1.165, 1.54) is 0 Å². The number of hydrogen-bond acceptors (Lipinski definition) is 3. The summed E-state index contributed by atoms with van der Waals surface area (Å²) in [7, 11) is 0. The molecule has 5 heteroatoms. The highest BCUT2D eigenvalue weighted by atomic mass is 16.5. The number of carbonyl (C=O) groups excluding carboxylic acids is 1. The molecule has 0 bridgehead atoms. The van der Waals surface area contributed by atoms with Gasteiger partial charge < -0.3 is 15.2 Å². The quantitative estimate of drug-likeness (QED) is 0.560. The summed E-state index contributed by atoms with van der Waals surface area (Å²) in [6.45, 7) is 2.10. The number of aliphatic carboxylic acids is 1. The van der Waals surface area contributed by atoms with E-state index in [-0.39, 0.29) is 12.5 Å². The number of unbranched alkanes of at least 4 members (excludes halogenated alkanes) is 2. The van der Waals surface area contributed by atoms with Crippen molar-refractivity contribution in [3.05, 3.63) is 0 Å². The van der Waals surface area contributed by atoms with Gasteiger partial charge in [-0.25, -0.2) is 4.79 Å². The largest absolute Gasteiger partial charge is 0.480 e. The van der Waals surface area contributed by atoms with Crippen molar-refractivity contribution in [1.82, 2.24) is 5.32 Å². The lowest BCUT2D eigenvalue weighted by Crippen LogP contribution is -2.29. The number of rotatable bonds is 8. The second kappa shape index (κ2) is 8.50. The molecule has 0 fully saturated rings. The topological polar surface area (TPSA) is 75.6 Å². The Bertz CT molecular complexity index is 182. The van der Waals surface area contributed by atoms with E-state index in [9.17, 15) is 9.59 Å². The van der Waals surface area contributed by atoms with Crippen molar-refractivity contribution in [2.75, 3.05) is 19.8 Å². The number of carbonyl (C=O) groups is 2.